The summed E-state index contributed by atoms with van der Waals surface area (Å²) in [6.07, 6.45) is 0.476. The van der Waals surface area contributed by atoms with Crippen LogP contribution in [0.2, 0.25) is 0 Å². The topological polar surface area (TPSA) is 24.8 Å². The number of hydrogen-bond acceptors (Lipinski definition) is 3. The Kier molecular flexibility index (Phi) is 3.37. The monoisotopic (exact) mass is 270 g/mol. The molecule has 0 fully saturated rings. The molecule has 0 spiro atoms. The van der Waals surface area contributed by atoms with Crippen molar-refractivity contribution < 1.29 is 9.13 Å². The van der Waals surface area contributed by atoms with Gasteiger partial charge in [-0.3, -0.25) is 0 Å². The first kappa shape index (κ1) is 12.7. The maximum Gasteiger partial charge on any atom is 0.267 e. The van der Waals surface area contributed by atoms with Gasteiger partial charge < -0.3 is 9.64 Å². The van der Waals surface area contributed by atoms with Gasteiger partial charge in [-0.15, -0.1) is 0 Å². The maximum absolute atomic E-state index is 14.1. The van der Waals surface area contributed by atoms with E-state index in [1.165, 1.54) is 0 Å². The molecule has 1 aliphatic rings. The van der Waals surface area contributed by atoms with E-state index in [0.717, 1.165) is 16.5 Å². The molecule has 4 heteroatoms. The van der Waals surface area contributed by atoms with Crippen LogP contribution in [0, 0.1) is 0 Å². The standard InChI is InChI=1S/C16H15FN2O/c1-20-14-8-6-12(7-9-14)10-19-11-13-4-2-3-5-15(13)18-16(19)17/h2-9,11,16H,10H2,1H3. The summed E-state index contributed by atoms with van der Waals surface area (Å²) < 4.78 is 19.2. The number of fused-ring (bicyclic) bond motifs is 1. The van der Waals surface area contributed by atoms with Crippen molar-refractivity contribution in [2.45, 2.75) is 13.0 Å². The summed E-state index contributed by atoms with van der Waals surface area (Å²) in [5.74, 6) is 0.795. The number of alkyl halides is 1. The van der Waals surface area contributed by atoms with Crippen molar-refractivity contribution in [1.29, 1.82) is 0 Å². The zero-order chi connectivity index (χ0) is 13.9. The number of benzene rings is 2. The number of nitrogens with zero attached hydrogens (tertiary/aromatic N) is 2. The molecule has 1 unspecified atom stereocenters. The average molecular weight is 270 g/mol. The zero-order valence-corrected chi connectivity index (χ0v) is 11.2. The second kappa shape index (κ2) is 5.33. The Bertz CT molecular complexity index is 712. The van der Waals surface area contributed by atoms with E-state index in [0.29, 0.717) is 11.9 Å². The predicted molar refractivity (Wildman–Crippen MR) is 75.1 cm³/mol. The van der Waals surface area contributed by atoms with E-state index in [1.54, 1.807) is 12.0 Å². The summed E-state index contributed by atoms with van der Waals surface area (Å²) in [6, 6.07) is 15.2. The normalized spacial score (nSPS) is 16.9. The van der Waals surface area contributed by atoms with Crippen molar-refractivity contribution in [2.24, 2.45) is 4.99 Å². The molecule has 20 heavy (non-hydrogen) atoms. The van der Waals surface area contributed by atoms with Crippen LogP contribution in [0.4, 0.5) is 4.39 Å². The van der Waals surface area contributed by atoms with E-state index < -0.39 is 6.42 Å². The van der Waals surface area contributed by atoms with Crippen molar-refractivity contribution in [1.82, 2.24) is 4.90 Å². The molecule has 0 aliphatic carbocycles. The van der Waals surface area contributed by atoms with Crippen LogP contribution in [0.3, 0.4) is 0 Å². The van der Waals surface area contributed by atoms with E-state index in [-0.39, 0.29) is 0 Å². The summed E-state index contributed by atoms with van der Waals surface area (Å²) in [5.41, 5.74) is 1.01. The minimum atomic E-state index is -1.34. The largest absolute Gasteiger partial charge is 0.497 e. The number of methoxy groups -OCH3 is 1. The molecule has 0 saturated carbocycles. The highest BCUT2D eigenvalue weighted by Gasteiger charge is 2.16. The third-order valence-electron chi connectivity index (χ3n) is 3.29. The molecular formula is C16H15FN2O. The summed E-state index contributed by atoms with van der Waals surface area (Å²) >= 11 is 0. The minimum Gasteiger partial charge on any atom is -0.497 e. The number of rotatable bonds is 3. The van der Waals surface area contributed by atoms with Gasteiger partial charge >= 0.3 is 0 Å². The first-order valence-electron chi connectivity index (χ1n) is 6.44. The summed E-state index contributed by atoms with van der Waals surface area (Å²) in [5, 5.41) is 1.64. The molecule has 3 rings (SSSR count). The van der Waals surface area contributed by atoms with Crippen molar-refractivity contribution in [3.63, 3.8) is 0 Å². The van der Waals surface area contributed by atoms with Gasteiger partial charge in [-0.25, -0.2) is 4.99 Å². The Labute approximate surface area is 116 Å². The molecule has 1 atom stereocenters. The van der Waals surface area contributed by atoms with Gasteiger partial charge in [0.25, 0.3) is 6.42 Å². The van der Waals surface area contributed by atoms with Crippen LogP contribution in [-0.4, -0.2) is 18.4 Å². The molecule has 102 valence electrons. The van der Waals surface area contributed by atoms with Gasteiger partial charge in [0.15, 0.2) is 0 Å². The molecule has 2 aromatic carbocycles. The van der Waals surface area contributed by atoms with E-state index in [2.05, 4.69) is 4.99 Å². The van der Waals surface area contributed by atoms with Gasteiger partial charge in [0, 0.05) is 18.0 Å². The fourth-order valence-corrected chi connectivity index (χ4v) is 2.21. The lowest BCUT2D eigenvalue weighted by Crippen LogP contribution is -2.39. The van der Waals surface area contributed by atoms with Gasteiger partial charge in [-0.2, -0.15) is 4.39 Å². The molecule has 0 amide bonds. The van der Waals surface area contributed by atoms with Crippen LogP contribution in [0.25, 0.3) is 6.20 Å². The highest BCUT2D eigenvalue weighted by Crippen LogP contribution is 2.15. The Morgan fingerprint density at radius 1 is 1.15 bits per heavy atom. The molecule has 1 aliphatic heterocycles. The number of para-hydroxylation sites is 1. The SMILES string of the molecule is COc1ccc(CN2C=c3ccccc3=NC2F)cc1. The third kappa shape index (κ3) is 2.50. The van der Waals surface area contributed by atoms with Gasteiger partial charge in [0.1, 0.15) is 5.75 Å². The third-order valence-corrected chi connectivity index (χ3v) is 3.29. The lowest BCUT2D eigenvalue weighted by atomic mass is 10.2. The average Bonchev–Trinajstić information content (AvgIpc) is 2.49. The van der Waals surface area contributed by atoms with Crippen molar-refractivity contribution in [2.75, 3.05) is 7.11 Å². The van der Waals surface area contributed by atoms with E-state index in [9.17, 15) is 4.39 Å². The number of ether oxygens (including phenoxy) is 1. The van der Waals surface area contributed by atoms with E-state index >= 15 is 0 Å². The van der Waals surface area contributed by atoms with Crippen molar-refractivity contribution in [3.05, 3.63) is 64.7 Å². The van der Waals surface area contributed by atoms with E-state index in [4.69, 9.17) is 4.74 Å². The molecule has 0 bridgehead atoms. The highest BCUT2D eigenvalue weighted by atomic mass is 19.1. The van der Waals surface area contributed by atoms with Crippen LogP contribution < -0.4 is 15.3 Å². The molecule has 0 N–H and O–H groups in total. The fourth-order valence-electron chi connectivity index (χ4n) is 2.21. The molecule has 0 radical (unpaired) electrons. The molecule has 0 saturated heterocycles. The second-order valence-corrected chi connectivity index (χ2v) is 4.65. The van der Waals surface area contributed by atoms with Gasteiger partial charge in [-0.1, -0.05) is 30.3 Å². The van der Waals surface area contributed by atoms with Crippen LogP contribution in [-0.2, 0) is 6.54 Å². The van der Waals surface area contributed by atoms with Crippen molar-refractivity contribution >= 4 is 6.20 Å². The molecular weight excluding hydrogens is 255 g/mol. The van der Waals surface area contributed by atoms with Crippen LogP contribution in [0.5, 0.6) is 5.75 Å². The molecule has 1 heterocycles. The first-order chi connectivity index (χ1) is 9.76. The van der Waals surface area contributed by atoms with Gasteiger partial charge in [0.05, 0.1) is 12.5 Å². The van der Waals surface area contributed by atoms with Gasteiger partial charge in [-0.05, 0) is 23.8 Å². The quantitative estimate of drug-likeness (QED) is 0.795. The predicted octanol–water partition coefficient (Wildman–Crippen LogP) is 1.82. The smallest absolute Gasteiger partial charge is 0.267 e. The zero-order valence-electron chi connectivity index (χ0n) is 11.2. The summed E-state index contributed by atoms with van der Waals surface area (Å²) in [6.45, 7) is 0.475. The minimum absolute atomic E-state index is 0.475. The second-order valence-electron chi connectivity index (χ2n) is 4.65. The van der Waals surface area contributed by atoms with Crippen LogP contribution >= 0.6 is 0 Å². The lowest BCUT2D eigenvalue weighted by molar-refractivity contribution is 0.144. The molecule has 0 aromatic heterocycles. The van der Waals surface area contributed by atoms with Crippen molar-refractivity contribution in [3.8, 4) is 5.75 Å². The Hall–Kier alpha value is -2.36. The van der Waals surface area contributed by atoms with E-state index in [1.807, 2.05) is 54.7 Å². The summed E-state index contributed by atoms with van der Waals surface area (Å²) in [7, 11) is 1.63. The number of hydrogen-bond donors (Lipinski definition) is 0. The fraction of sp³-hybridized carbons (Fsp3) is 0.188. The summed E-state index contributed by atoms with van der Waals surface area (Å²) in [4.78, 5) is 5.65. The first-order valence-corrected chi connectivity index (χ1v) is 6.44. The number of halogens is 1. The molecule has 2 aromatic rings. The Morgan fingerprint density at radius 3 is 2.65 bits per heavy atom. The highest BCUT2D eigenvalue weighted by molar-refractivity contribution is 5.30. The van der Waals surface area contributed by atoms with Gasteiger partial charge in [0.2, 0.25) is 0 Å². The Morgan fingerprint density at radius 2 is 1.90 bits per heavy atom. The van der Waals surface area contributed by atoms with Crippen LogP contribution in [0.15, 0.2) is 53.5 Å². The van der Waals surface area contributed by atoms with Crippen LogP contribution in [0.1, 0.15) is 5.56 Å². The molecule has 3 nitrogen and oxygen atoms in total. The Balaban J connectivity index is 1.86. The maximum atomic E-state index is 14.1. The lowest BCUT2D eigenvalue weighted by Gasteiger charge is -2.24.